The van der Waals surface area contributed by atoms with Crippen molar-refractivity contribution in [1.82, 2.24) is 5.32 Å². The number of ether oxygens (including phenoxy) is 2. The molecular weight excluding hydrogens is 266 g/mol. The number of aryl methyl sites for hydroxylation is 1. The molecule has 0 bridgehead atoms. The molecule has 0 saturated carbocycles. The lowest BCUT2D eigenvalue weighted by atomic mass is 9.95. The molecule has 1 aromatic rings. The van der Waals surface area contributed by atoms with Crippen LogP contribution >= 0.6 is 0 Å². The first-order valence-corrected chi connectivity index (χ1v) is 7.54. The normalized spacial score (nSPS) is 13.5. The first-order chi connectivity index (χ1) is 10.0. The van der Waals surface area contributed by atoms with Crippen molar-refractivity contribution in [3.05, 3.63) is 29.8 Å². The number of hydrogen-bond donors (Lipinski definition) is 1. The Balaban J connectivity index is 2.33. The number of hydrogen-bond acceptors (Lipinski definition) is 4. The molecule has 0 aliphatic carbocycles. The van der Waals surface area contributed by atoms with Crippen LogP contribution < -0.4 is 10.1 Å². The van der Waals surface area contributed by atoms with Crippen molar-refractivity contribution in [2.24, 2.45) is 0 Å². The summed E-state index contributed by atoms with van der Waals surface area (Å²) in [6.45, 7) is 7.33. The Morgan fingerprint density at radius 3 is 2.71 bits per heavy atom. The van der Waals surface area contributed by atoms with Crippen LogP contribution in [0.25, 0.3) is 0 Å². The predicted molar refractivity (Wildman–Crippen MR) is 84.6 cm³/mol. The zero-order valence-electron chi connectivity index (χ0n) is 13.6. The summed E-state index contributed by atoms with van der Waals surface area (Å²) in [5.41, 5.74) is 0.588. The summed E-state index contributed by atoms with van der Waals surface area (Å²) < 4.78 is 10.6. The second-order valence-corrected chi connectivity index (χ2v) is 5.48. The summed E-state index contributed by atoms with van der Waals surface area (Å²) in [5.74, 6) is 0.696. The number of likely N-dealkylation sites (N-methyl/N-ethyl adjacent to an activating group) is 1. The highest BCUT2D eigenvalue weighted by atomic mass is 16.5. The predicted octanol–water partition coefficient (Wildman–Crippen LogP) is 3.09. The Kier molecular flexibility index (Phi) is 7.23. The van der Waals surface area contributed by atoms with E-state index in [2.05, 4.69) is 5.32 Å². The molecule has 0 spiro atoms. The fourth-order valence-electron chi connectivity index (χ4n) is 2.35. The Hall–Kier alpha value is -1.55. The molecule has 0 saturated heterocycles. The molecule has 0 aliphatic heterocycles. The number of unbranched alkanes of at least 4 members (excludes halogenated alkanes) is 1. The summed E-state index contributed by atoms with van der Waals surface area (Å²) in [6, 6.07) is 8.02. The fraction of sp³-hybridized carbons (Fsp3) is 0.588. The van der Waals surface area contributed by atoms with E-state index >= 15 is 0 Å². The van der Waals surface area contributed by atoms with Gasteiger partial charge in [0.05, 0.1) is 13.7 Å². The van der Waals surface area contributed by atoms with Gasteiger partial charge in [0.1, 0.15) is 11.3 Å². The van der Waals surface area contributed by atoms with Crippen molar-refractivity contribution in [3.63, 3.8) is 0 Å². The molecule has 1 atom stereocenters. The Morgan fingerprint density at radius 1 is 1.33 bits per heavy atom. The number of nitrogens with one attached hydrogen (secondary N) is 1. The van der Waals surface area contributed by atoms with Crippen LogP contribution in [0.5, 0.6) is 5.75 Å². The molecule has 21 heavy (non-hydrogen) atoms. The van der Waals surface area contributed by atoms with Crippen LogP contribution in [0.2, 0.25) is 0 Å². The minimum Gasteiger partial charge on any atom is -0.494 e. The third-order valence-corrected chi connectivity index (χ3v) is 3.53. The van der Waals surface area contributed by atoms with Crippen molar-refractivity contribution >= 4 is 5.97 Å². The van der Waals surface area contributed by atoms with E-state index in [0.29, 0.717) is 6.61 Å². The zero-order valence-corrected chi connectivity index (χ0v) is 13.6. The van der Waals surface area contributed by atoms with E-state index in [0.717, 1.165) is 31.6 Å². The van der Waals surface area contributed by atoms with Gasteiger partial charge >= 0.3 is 5.97 Å². The Bertz CT molecular complexity index is 447. The quantitative estimate of drug-likeness (QED) is 0.561. The molecule has 1 N–H and O–H groups in total. The maximum absolute atomic E-state index is 11.8. The lowest BCUT2D eigenvalue weighted by molar-refractivity contribution is -0.148. The Morgan fingerprint density at radius 2 is 2.10 bits per heavy atom. The second kappa shape index (κ2) is 8.67. The van der Waals surface area contributed by atoms with Crippen molar-refractivity contribution in [3.8, 4) is 5.75 Å². The monoisotopic (exact) mass is 293 g/mol. The standard InChI is InChI=1S/C17H27NO3/c1-5-18-17(3,16(19)20-4)11-6-7-12-21-15-10-8-9-14(2)13-15/h8-10,13,18H,5-7,11-12H2,1-4H3. The van der Waals surface area contributed by atoms with Crippen LogP contribution in [-0.4, -0.2) is 31.8 Å². The fourth-order valence-corrected chi connectivity index (χ4v) is 2.35. The minimum atomic E-state index is -0.604. The highest BCUT2D eigenvalue weighted by molar-refractivity contribution is 5.80. The average Bonchev–Trinajstić information content (AvgIpc) is 2.46. The summed E-state index contributed by atoms with van der Waals surface area (Å²) in [7, 11) is 1.43. The summed E-state index contributed by atoms with van der Waals surface area (Å²) >= 11 is 0. The van der Waals surface area contributed by atoms with Crippen molar-refractivity contribution in [2.75, 3.05) is 20.3 Å². The van der Waals surface area contributed by atoms with Gasteiger partial charge in [-0.25, -0.2) is 0 Å². The van der Waals surface area contributed by atoms with Gasteiger partial charge in [0.25, 0.3) is 0 Å². The number of methoxy groups -OCH3 is 1. The van der Waals surface area contributed by atoms with Crippen molar-refractivity contribution in [2.45, 2.75) is 45.6 Å². The number of carbonyl (C=O) groups excluding carboxylic acids is 1. The van der Waals surface area contributed by atoms with E-state index in [1.165, 1.54) is 12.7 Å². The van der Waals surface area contributed by atoms with Gasteiger partial charge in [-0.2, -0.15) is 0 Å². The molecule has 0 amide bonds. The van der Waals surface area contributed by atoms with Gasteiger partial charge in [0.15, 0.2) is 0 Å². The largest absolute Gasteiger partial charge is 0.494 e. The third-order valence-electron chi connectivity index (χ3n) is 3.53. The molecule has 0 aliphatic rings. The van der Waals surface area contributed by atoms with Gasteiger partial charge in [-0.05, 0) is 57.4 Å². The summed E-state index contributed by atoms with van der Waals surface area (Å²) in [5, 5.41) is 3.21. The second-order valence-electron chi connectivity index (χ2n) is 5.48. The topological polar surface area (TPSA) is 47.6 Å². The molecule has 118 valence electrons. The van der Waals surface area contributed by atoms with Crippen molar-refractivity contribution < 1.29 is 14.3 Å². The van der Waals surface area contributed by atoms with Gasteiger partial charge in [-0.15, -0.1) is 0 Å². The SMILES string of the molecule is CCNC(C)(CCCCOc1cccc(C)c1)C(=O)OC. The van der Waals surface area contributed by atoms with Gasteiger partial charge < -0.3 is 14.8 Å². The summed E-state index contributed by atoms with van der Waals surface area (Å²) in [4.78, 5) is 11.8. The van der Waals surface area contributed by atoms with Crippen LogP contribution in [0.4, 0.5) is 0 Å². The van der Waals surface area contributed by atoms with Crippen LogP contribution in [0.3, 0.4) is 0 Å². The maximum Gasteiger partial charge on any atom is 0.325 e. The van der Waals surface area contributed by atoms with Gasteiger partial charge in [-0.3, -0.25) is 4.79 Å². The first-order valence-electron chi connectivity index (χ1n) is 7.54. The average molecular weight is 293 g/mol. The van der Waals surface area contributed by atoms with Gasteiger partial charge in [0, 0.05) is 0 Å². The number of benzene rings is 1. The van der Waals surface area contributed by atoms with E-state index in [4.69, 9.17) is 9.47 Å². The lowest BCUT2D eigenvalue weighted by Crippen LogP contribution is -2.50. The van der Waals surface area contributed by atoms with E-state index in [9.17, 15) is 4.79 Å². The minimum absolute atomic E-state index is 0.205. The van der Waals surface area contributed by atoms with E-state index in [1.807, 2.05) is 45.0 Å². The number of esters is 1. The third kappa shape index (κ3) is 5.76. The molecule has 1 rings (SSSR count). The van der Waals surface area contributed by atoms with Crippen LogP contribution in [0, 0.1) is 6.92 Å². The highest BCUT2D eigenvalue weighted by Gasteiger charge is 2.32. The molecule has 1 unspecified atom stereocenters. The van der Waals surface area contributed by atoms with E-state index < -0.39 is 5.54 Å². The molecule has 4 heteroatoms. The molecule has 1 aromatic carbocycles. The molecule has 0 heterocycles. The first kappa shape index (κ1) is 17.5. The molecule has 0 fully saturated rings. The molecule has 0 aromatic heterocycles. The van der Waals surface area contributed by atoms with E-state index in [1.54, 1.807) is 0 Å². The zero-order chi connectivity index (χ0) is 15.7. The number of rotatable bonds is 9. The van der Waals surface area contributed by atoms with Crippen molar-refractivity contribution in [1.29, 1.82) is 0 Å². The van der Waals surface area contributed by atoms with E-state index in [-0.39, 0.29) is 5.97 Å². The number of carbonyl (C=O) groups is 1. The molecule has 0 radical (unpaired) electrons. The van der Waals surface area contributed by atoms with Crippen LogP contribution in [0.15, 0.2) is 24.3 Å². The highest BCUT2D eigenvalue weighted by Crippen LogP contribution is 2.17. The maximum atomic E-state index is 11.8. The lowest BCUT2D eigenvalue weighted by Gasteiger charge is -2.27. The molecular formula is C17H27NO3. The smallest absolute Gasteiger partial charge is 0.325 e. The van der Waals surface area contributed by atoms with Crippen LogP contribution in [0.1, 0.15) is 38.7 Å². The molecule has 4 nitrogen and oxygen atoms in total. The Labute approximate surface area is 127 Å². The van der Waals surface area contributed by atoms with Gasteiger partial charge in [0.2, 0.25) is 0 Å². The summed E-state index contributed by atoms with van der Waals surface area (Å²) in [6.07, 6.45) is 2.56. The van der Waals surface area contributed by atoms with Crippen LogP contribution in [-0.2, 0) is 9.53 Å². The van der Waals surface area contributed by atoms with Gasteiger partial charge in [-0.1, -0.05) is 19.1 Å².